The molecule has 0 unspecified atom stereocenters. The van der Waals surface area contributed by atoms with Crippen LogP contribution in [0, 0.1) is 5.92 Å². The maximum absolute atomic E-state index is 12.5. The first-order chi connectivity index (χ1) is 16.9. The van der Waals surface area contributed by atoms with Crippen LogP contribution in [-0.4, -0.2) is 35.7 Å². The molecule has 35 heavy (non-hydrogen) atoms. The maximum atomic E-state index is 12.5. The number of benzene rings is 3. The molecule has 8 heteroatoms. The van der Waals surface area contributed by atoms with E-state index >= 15 is 0 Å². The summed E-state index contributed by atoms with van der Waals surface area (Å²) < 4.78 is 6.02. The molecule has 0 aromatic heterocycles. The van der Waals surface area contributed by atoms with Gasteiger partial charge < -0.3 is 20.5 Å². The van der Waals surface area contributed by atoms with E-state index in [-0.39, 0.29) is 36.0 Å². The highest BCUT2D eigenvalue weighted by Gasteiger charge is 2.36. The zero-order valence-corrected chi connectivity index (χ0v) is 20.2. The lowest BCUT2D eigenvalue weighted by molar-refractivity contribution is -0.122. The molecule has 5 rings (SSSR count). The van der Waals surface area contributed by atoms with Crippen molar-refractivity contribution in [1.82, 2.24) is 5.32 Å². The summed E-state index contributed by atoms with van der Waals surface area (Å²) in [5.41, 5.74) is 5.15. The number of halogens is 1. The van der Waals surface area contributed by atoms with Gasteiger partial charge in [0.15, 0.2) is 0 Å². The second-order valence-electron chi connectivity index (χ2n) is 8.82. The van der Waals surface area contributed by atoms with Gasteiger partial charge in [0.05, 0.1) is 5.56 Å². The lowest BCUT2D eigenvalue weighted by Crippen LogP contribution is -2.48. The number of amides is 2. The van der Waals surface area contributed by atoms with Crippen LogP contribution in [0.15, 0.2) is 71.2 Å². The molecule has 2 aliphatic carbocycles. The summed E-state index contributed by atoms with van der Waals surface area (Å²) in [6.07, 6.45) is 0.506. The van der Waals surface area contributed by atoms with Gasteiger partial charge in [-0.1, -0.05) is 48.5 Å². The molecule has 0 bridgehead atoms. The van der Waals surface area contributed by atoms with Crippen molar-refractivity contribution in [1.29, 1.82) is 0 Å². The van der Waals surface area contributed by atoms with Crippen LogP contribution in [0.3, 0.4) is 0 Å². The van der Waals surface area contributed by atoms with Crippen molar-refractivity contribution in [3.05, 3.63) is 87.9 Å². The highest BCUT2D eigenvalue weighted by atomic mass is 79.9. The Morgan fingerprint density at radius 1 is 0.943 bits per heavy atom. The predicted octanol–water partition coefficient (Wildman–Crippen LogP) is 5.40. The quantitative estimate of drug-likeness (QED) is 0.392. The van der Waals surface area contributed by atoms with Crippen LogP contribution in [0.25, 0.3) is 11.1 Å². The number of rotatable bonds is 6. The number of carboxylic acids is 1. The molecule has 0 spiro atoms. The van der Waals surface area contributed by atoms with Crippen LogP contribution in [0.1, 0.15) is 40.2 Å². The summed E-state index contributed by atoms with van der Waals surface area (Å²) in [5, 5.41) is 14.8. The second-order valence-corrected chi connectivity index (χ2v) is 9.68. The Hall–Kier alpha value is -3.65. The molecule has 1 fully saturated rings. The lowest BCUT2D eigenvalue weighted by Gasteiger charge is -2.34. The van der Waals surface area contributed by atoms with Crippen LogP contribution in [0.2, 0.25) is 0 Å². The number of carboxylic acid groups (broad SMARTS) is 1. The number of hydrogen-bond donors (Lipinski definition) is 3. The SMILES string of the molecule is O=C(NC1CC(C(=O)Nc2ccc(Br)c(C(=O)O)c2)C1)OCC1c2ccccc2-c2ccccc21. The van der Waals surface area contributed by atoms with E-state index in [0.717, 1.165) is 11.1 Å². The first-order valence-corrected chi connectivity index (χ1v) is 12.1. The summed E-state index contributed by atoms with van der Waals surface area (Å²) >= 11 is 3.19. The van der Waals surface area contributed by atoms with E-state index in [1.165, 1.54) is 17.2 Å². The zero-order chi connectivity index (χ0) is 24.5. The van der Waals surface area contributed by atoms with E-state index < -0.39 is 12.1 Å². The molecular weight excluding hydrogens is 512 g/mol. The number of ether oxygens (including phenoxy) is 1. The third-order valence-corrected chi connectivity index (χ3v) is 7.33. The summed E-state index contributed by atoms with van der Waals surface area (Å²) in [7, 11) is 0. The molecule has 2 aliphatic rings. The van der Waals surface area contributed by atoms with Crippen LogP contribution in [0.5, 0.6) is 0 Å². The largest absolute Gasteiger partial charge is 0.478 e. The molecule has 0 saturated heterocycles. The maximum Gasteiger partial charge on any atom is 0.407 e. The fourth-order valence-electron chi connectivity index (χ4n) is 4.77. The minimum Gasteiger partial charge on any atom is -0.478 e. The van der Waals surface area contributed by atoms with Gasteiger partial charge in [0, 0.05) is 28.0 Å². The average Bonchev–Trinajstić information content (AvgIpc) is 3.14. The van der Waals surface area contributed by atoms with Gasteiger partial charge in [0.25, 0.3) is 0 Å². The summed E-state index contributed by atoms with van der Waals surface area (Å²) in [4.78, 5) is 36.2. The van der Waals surface area contributed by atoms with Gasteiger partial charge in [-0.25, -0.2) is 9.59 Å². The normalized spacial score (nSPS) is 18.1. The van der Waals surface area contributed by atoms with E-state index in [1.54, 1.807) is 12.1 Å². The minimum atomic E-state index is -1.08. The number of carbonyl (C=O) groups excluding carboxylic acids is 2. The molecule has 3 aromatic carbocycles. The molecular formula is C27H23BrN2O5. The van der Waals surface area contributed by atoms with Crippen molar-refractivity contribution in [3.8, 4) is 11.1 Å². The number of aromatic carboxylic acids is 1. The van der Waals surface area contributed by atoms with Crippen LogP contribution >= 0.6 is 15.9 Å². The number of fused-ring (bicyclic) bond motifs is 3. The Morgan fingerprint density at radius 3 is 2.20 bits per heavy atom. The fourth-order valence-corrected chi connectivity index (χ4v) is 5.18. The number of alkyl carbamates (subject to hydrolysis) is 1. The number of hydrogen-bond acceptors (Lipinski definition) is 4. The van der Waals surface area contributed by atoms with Crippen molar-refractivity contribution < 1.29 is 24.2 Å². The van der Waals surface area contributed by atoms with Gasteiger partial charge in [0.2, 0.25) is 5.91 Å². The Balaban J connectivity index is 1.11. The molecule has 1 saturated carbocycles. The van der Waals surface area contributed by atoms with E-state index in [4.69, 9.17) is 4.74 Å². The molecule has 0 heterocycles. The van der Waals surface area contributed by atoms with Crippen molar-refractivity contribution in [2.75, 3.05) is 11.9 Å². The van der Waals surface area contributed by atoms with Gasteiger partial charge in [-0.2, -0.15) is 0 Å². The van der Waals surface area contributed by atoms with Crippen LogP contribution in [-0.2, 0) is 9.53 Å². The molecule has 3 aromatic rings. The molecule has 0 radical (unpaired) electrons. The summed E-state index contributed by atoms with van der Waals surface area (Å²) in [6, 6.07) is 20.8. The minimum absolute atomic E-state index is 0.00494. The molecule has 3 N–H and O–H groups in total. The topological polar surface area (TPSA) is 105 Å². The average molecular weight is 535 g/mol. The number of nitrogens with one attached hydrogen (secondary N) is 2. The molecule has 7 nitrogen and oxygen atoms in total. The smallest absolute Gasteiger partial charge is 0.407 e. The molecule has 2 amide bonds. The second kappa shape index (κ2) is 9.54. The van der Waals surface area contributed by atoms with E-state index in [0.29, 0.717) is 23.0 Å². The van der Waals surface area contributed by atoms with E-state index in [1.807, 2.05) is 24.3 Å². The Bertz CT molecular complexity index is 1270. The van der Waals surface area contributed by atoms with Gasteiger partial charge in [-0.15, -0.1) is 0 Å². The van der Waals surface area contributed by atoms with Gasteiger partial charge in [0.1, 0.15) is 6.61 Å². The van der Waals surface area contributed by atoms with Crippen molar-refractivity contribution in [2.24, 2.45) is 5.92 Å². The van der Waals surface area contributed by atoms with Gasteiger partial charge in [-0.3, -0.25) is 4.79 Å². The van der Waals surface area contributed by atoms with Crippen molar-refractivity contribution >= 4 is 39.6 Å². The number of anilines is 1. The molecule has 0 atom stereocenters. The highest BCUT2D eigenvalue weighted by Crippen LogP contribution is 2.44. The molecule has 0 aliphatic heterocycles. The Morgan fingerprint density at radius 2 is 1.57 bits per heavy atom. The number of carbonyl (C=O) groups is 3. The van der Waals surface area contributed by atoms with Gasteiger partial charge >= 0.3 is 12.1 Å². The highest BCUT2D eigenvalue weighted by molar-refractivity contribution is 9.10. The van der Waals surface area contributed by atoms with Crippen molar-refractivity contribution in [3.63, 3.8) is 0 Å². The third-order valence-electron chi connectivity index (χ3n) is 6.64. The predicted molar refractivity (Wildman–Crippen MR) is 134 cm³/mol. The van der Waals surface area contributed by atoms with Crippen LogP contribution < -0.4 is 10.6 Å². The van der Waals surface area contributed by atoms with E-state index in [2.05, 4.69) is 50.8 Å². The van der Waals surface area contributed by atoms with Gasteiger partial charge in [-0.05, 0) is 69.2 Å². The first kappa shape index (κ1) is 23.1. The Labute approximate surface area is 210 Å². The Kier molecular flexibility index (Phi) is 6.30. The van der Waals surface area contributed by atoms with Crippen LogP contribution in [0.4, 0.5) is 10.5 Å². The lowest BCUT2D eigenvalue weighted by atomic mass is 9.79. The summed E-state index contributed by atoms with van der Waals surface area (Å²) in [5.74, 6) is -1.54. The van der Waals surface area contributed by atoms with E-state index in [9.17, 15) is 19.5 Å². The molecule has 178 valence electrons. The zero-order valence-electron chi connectivity index (χ0n) is 18.7. The monoisotopic (exact) mass is 534 g/mol. The first-order valence-electron chi connectivity index (χ1n) is 11.4. The standard InChI is InChI=1S/C27H23BrN2O5/c28-24-10-9-16(13-22(24)26(32)33)29-25(31)15-11-17(12-15)30-27(34)35-14-23-20-7-3-1-5-18(20)19-6-2-4-8-21(19)23/h1-10,13,15,17,23H,11-12,14H2,(H,29,31)(H,30,34)(H,32,33). The fraction of sp³-hybridized carbons (Fsp3) is 0.222. The summed E-state index contributed by atoms with van der Waals surface area (Å²) in [6.45, 7) is 0.242. The third kappa shape index (κ3) is 4.66. The van der Waals surface area contributed by atoms with Crippen molar-refractivity contribution in [2.45, 2.75) is 24.8 Å².